The summed E-state index contributed by atoms with van der Waals surface area (Å²) in [4.78, 5) is 0. The summed E-state index contributed by atoms with van der Waals surface area (Å²) in [5.74, 6) is 0.628. The van der Waals surface area contributed by atoms with E-state index in [-0.39, 0.29) is 0 Å². The Bertz CT molecular complexity index is 461. The van der Waals surface area contributed by atoms with Crippen molar-refractivity contribution >= 4 is 5.57 Å². The summed E-state index contributed by atoms with van der Waals surface area (Å²) in [6, 6.07) is 8.70. The van der Waals surface area contributed by atoms with Gasteiger partial charge in [0.2, 0.25) is 0 Å². The highest BCUT2D eigenvalue weighted by Crippen LogP contribution is 2.24. The van der Waals surface area contributed by atoms with Crippen LogP contribution >= 0.6 is 0 Å². The van der Waals surface area contributed by atoms with E-state index in [2.05, 4.69) is 68.5 Å². The van der Waals surface area contributed by atoms with Gasteiger partial charge in [0.05, 0.1) is 0 Å². The Morgan fingerprint density at radius 3 is 2.82 bits per heavy atom. The highest BCUT2D eigenvalue weighted by Gasteiger charge is 2.05. The van der Waals surface area contributed by atoms with Crippen molar-refractivity contribution in [3.05, 3.63) is 65.8 Å². The number of hydrogen-bond donors (Lipinski definition) is 0. The molecule has 1 aliphatic carbocycles. The number of benzene rings is 1. The molecule has 1 atom stereocenters. The first-order valence-corrected chi connectivity index (χ1v) is 6.44. The fourth-order valence-corrected chi connectivity index (χ4v) is 2.18. The predicted octanol–water partition coefficient (Wildman–Crippen LogP) is 4.78. The lowest BCUT2D eigenvalue weighted by atomic mass is 9.94. The van der Waals surface area contributed by atoms with Crippen LogP contribution in [0.5, 0.6) is 0 Å². The molecular formula is C17H20. The first-order valence-electron chi connectivity index (χ1n) is 6.44. The molecule has 0 bridgehead atoms. The minimum atomic E-state index is 0.628. The Morgan fingerprint density at radius 2 is 2.00 bits per heavy atom. The maximum Gasteiger partial charge on any atom is -0.0155 e. The summed E-state index contributed by atoms with van der Waals surface area (Å²) in [6.07, 6.45) is 13.4. The summed E-state index contributed by atoms with van der Waals surface area (Å²) in [5, 5.41) is 0. The zero-order valence-corrected chi connectivity index (χ0v) is 10.7. The van der Waals surface area contributed by atoms with E-state index in [0.717, 1.165) is 12.8 Å². The Balaban J connectivity index is 2.38. The molecule has 0 saturated carbocycles. The molecule has 2 rings (SSSR count). The van der Waals surface area contributed by atoms with Gasteiger partial charge in [0, 0.05) is 0 Å². The van der Waals surface area contributed by atoms with Crippen LogP contribution in [0.4, 0.5) is 0 Å². The van der Waals surface area contributed by atoms with Crippen LogP contribution in [0.2, 0.25) is 0 Å². The van der Waals surface area contributed by atoms with Gasteiger partial charge in [-0.1, -0.05) is 68.5 Å². The SMILES string of the molecule is CCc1ccccc1C1=CCC(C)C=CC=C1. The third-order valence-electron chi connectivity index (χ3n) is 3.25. The molecule has 1 aliphatic rings. The average Bonchev–Trinajstić information content (AvgIpc) is 2.35. The van der Waals surface area contributed by atoms with Gasteiger partial charge in [0.1, 0.15) is 0 Å². The molecule has 0 aromatic heterocycles. The van der Waals surface area contributed by atoms with Gasteiger partial charge in [-0.05, 0) is 35.5 Å². The second-order valence-corrected chi connectivity index (χ2v) is 4.63. The number of allylic oxidation sites excluding steroid dienone is 6. The van der Waals surface area contributed by atoms with E-state index in [0.29, 0.717) is 5.92 Å². The molecule has 0 heterocycles. The van der Waals surface area contributed by atoms with E-state index in [1.807, 2.05) is 0 Å². The van der Waals surface area contributed by atoms with Crippen LogP contribution in [0.1, 0.15) is 31.4 Å². The number of aryl methyl sites for hydroxylation is 1. The highest BCUT2D eigenvalue weighted by molar-refractivity contribution is 5.76. The maximum absolute atomic E-state index is 2.36. The van der Waals surface area contributed by atoms with Gasteiger partial charge < -0.3 is 0 Å². The van der Waals surface area contributed by atoms with Gasteiger partial charge in [-0.25, -0.2) is 0 Å². The Hall–Kier alpha value is -1.56. The third kappa shape index (κ3) is 2.97. The molecule has 0 spiro atoms. The molecule has 0 aliphatic heterocycles. The smallest absolute Gasteiger partial charge is 0.0155 e. The highest BCUT2D eigenvalue weighted by atomic mass is 14.1. The van der Waals surface area contributed by atoms with E-state index < -0.39 is 0 Å². The standard InChI is InChI=1S/C17H20/c1-3-15-9-6-7-11-17(15)16-10-5-4-8-14(2)12-13-16/h4-11,13-14H,3,12H2,1-2H3. The number of hydrogen-bond acceptors (Lipinski definition) is 0. The summed E-state index contributed by atoms with van der Waals surface area (Å²) >= 11 is 0. The summed E-state index contributed by atoms with van der Waals surface area (Å²) < 4.78 is 0. The quantitative estimate of drug-likeness (QED) is 0.678. The second-order valence-electron chi connectivity index (χ2n) is 4.63. The van der Waals surface area contributed by atoms with Crippen molar-refractivity contribution in [1.29, 1.82) is 0 Å². The lowest BCUT2D eigenvalue weighted by Gasteiger charge is -2.11. The molecule has 0 nitrogen and oxygen atoms in total. The van der Waals surface area contributed by atoms with Gasteiger partial charge in [0.25, 0.3) is 0 Å². The second kappa shape index (κ2) is 5.67. The molecule has 0 heteroatoms. The Labute approximate surface area is 104 Å². The maximum atomic E-state index is 2.36. The van der Waals surface area contributed by atoms with Crippen molar-refractivity contribution in [2.75, 3.05) is 0 Å². The largest absolute Gasteiger partial charge is 0.0814 e. The lowest BCUT2D eigenvalue weighted by Crippen LogP contribution is -1.93. The molecule has 1 unspecified atom stereocenters. The van der Waals surface area contributed by atoms with Crippen LogP contribution in [0.3, 0.4) is 0 Å². The van der Waals surface area contributed by atoms with E-state index in [1.165, 1.54) is 16.7 Å². The third-order valence-corrected chi connectivity index (χ3v) is 3.25. The fraction of sp³-hybridized carbons (Fsp3) is 0.294. The zero-order chi connectivity index (χ0) is 12.1. The number of rotatable bonds is 2. The van der Waals surface area contributed by atoms with Crippen molar-refractivity contribution in [3.8, 4) is 0 Å². The summed E-state index contributed by atoms with van der Waals surface area (Å²) in [7, 11) is 0. The van der Waals surface area contributed by atoms with Crippen molar-refractivity contribution in [3.63, 3.8) is 0 Å². The van der Waals surface area contributed by atoms with Crippen LogP contribution in [0, 0.1) is 5.92 Å². The van der Waals surface area contributed by atoms with Crippen molar-refractivity contribution in [2.45, 2.75) is 26.7 Å². The Morgan fingerprint density at radius 1 is 1.18 bits per heavy atom. The molecule has 0 fully saturated rings. The van der Waals surface area contributed by atoms with E-state index in [1.54, 1.807) is 0 Å². The topological polar surface area (TPSA) is 0 Å². The minimum absolute atomic E-state index is 0.628. The molecule has 17 heavy (non-hydrogen) atoms. The van der Waals surface area contributed by atoms with Crippen molar-refractivity contribution in [2.24, 2.45) is 5.92 Å². The summed E-state index contributed by atoms with van der Waals surface area (Å²) in [5.41, 5.74) is 4.17. The molecule has 0 amide bonds. The van der Waals surface area contributed by atoms with Gasteiger partial charge in [-0.3, -0.25) is 0 Å². The minimum Gasteiger partial charge on any atom is -0.0814 e. The van der Waals surface area contributed by atoms with Gasteiger partial charge in [-0.2, -0.15) is 0 Å². The molecule has 0 N–H and O–H groups in total. The zero-order valence-electron chi connectivity index (χ0n) is 10.7. The molecule has 0 radical (unpaired) electrons. The molecule has 0 saturated heterocycles. The Kier molecular flexibility index (Phi) is 3.98. The van der Waals surface area contributed by atoms with Crippen LogP contribution in [0.15, 0.2) is 54.6 Å². The van der Waals surface area contributed by atoms with Crippen LogP contribution < -0.4 is 0 Å². The monoisotopic (exact) mass is 224 g/mol. The van der Waals surface area contributed by atoms with Crippen LogP contribution in [-0.4, -0.2) is 0 Å². The van der Waals surface area contributed by atoms with Gasteiger partial charge in [0.15, 0.2) is 0 Å². The first-order chi connectivity index (χ1) is 8.31. The average molecular weight is 224 g/mol. The van der Waals surface area contributed by atoms with Crippen molar-refractivity contribution in [1.82, 2.24) is 0 Å². The summed E-state index contributed by atoms with van der Waals surface area (Å²) in [6.45, 7) is 4.48. The van der Waals surface area contributed by atoms with E-state index in [9.17, 15) is 0 Å². The predicted molar refractivity (Wildman–Crippen MR) is 75.9 cm³/mol. The van der Waals surface area contributed by atoms with Gasteiger partial charge >= 0.3 is 0 Å². The van der Waals surface area contributed by atoms with Crippen LogP contribution in [-0.2, 0) is 6.42 Å². The molecule has 88 valence electrons. The molecular weight excluding hydrogens is 204 g/mol. The van der Waals surface area contributed by atoms with Crippen LogP contribution in [0.25, 0.3) is 5.57 Å². The van der Waals surface area contributed by atoms with E-state index >= 15 is 0 Å². The van der Waals surface area contributed by atoms with E-state index in [4.69, 9.17) is 0 Å². The first kappa shape index (κ1) is 11.9. The molecule has 1 aromatic rings. The fourth-order valence-electron chi connectivity index (χ4n) is 2.18. The van der Waals surface area contributed by atoms with Crippen molar-refractivity contribution < 1.29 is 0 Å². The van der Waals surface area contributed by atoms with Gasteiger partial charge in [-0.15, -0.1) is 0 Å². The normalized spacial score (nSPS) is 19.6. The molecule has 1 aromatic carbocycles. The lowest BCUT2D eigenvalue weighted by molar-refractivity contribution is 0.744.